The zero-order valence-electron chi connectivity index (χ0n) is 18.4. The molecular formula is C26H33N3O2. The molecule has 164 valence electrons. The summed E-state index contributed by atoms with van der Waals surface area (Å²) in [6, 6.07) is 17.8. The molecule has 5 nitrogen and oxygen atoms in total. The monoisotopic (exact) mass is 419 g/mol. The summed E-state index contributed by atoms with van der Waals surface area (Å²) in [6.07, 6.45) is 5.41. The van der Waals surface area contributed by atoms with Crippen molar-refractivity contribution in [3.8, 4) is 0 Å². The third-order valence-electron chi connectivity index (χ3n) is 6.72. The highest BCUT2D eigenvalue weighted by Gasteiger charge is 2.34. The molecule has 0 aliphatic carbocycles. The minimum absolute atomic E-state index is 0.0528. The molecule has 2 aromatic carbocycles. The van der Waals surface area contributed by atoms with Gasteiger partial charge in [-0.25, -0.2) is 0 Å². The van der Waals surface area contributed by atoms with Gasteiger partial charge >= 0.3 is 0 Å². The van der Waals surface area contributed by atoms with E-state index in [1.165, 1.54) is 24.8 Å². The second-order valence-electron chi connectivity index (χ2n) is 8.82. The van der Waals surface area contributed by atoms with Gasteiger partial charge in [0.25, 0.3) is 5.91 Å². The Morgan fingerprint density at radius 1 is 0.903 bits per heavy atom. The number of carbonyl (C=O) groups excluding carboxylic acids is 2. The van der Waals surface area contributed by atoms with Gasteiger partial charge in [-0.15, -0.1) is 0 Å². The first-order valence-electron chi connectivity index (χ1n) is 11.6. The van der Waals surface area contributed by atoms with Gasteiger partial charge in [0, 0.05) is 31.2 Å². The zero-order chi connectivity index (χ0) is 21.6. The lowest BCUT2D eigenvalue weighted by Gasteiger charge is -2.33. The molecule has 0 bridgehead atoms. The molecule has 2 atom stereocenters. The van der Waals surface area contributed by atoms with E-state index >= 15 is 0 Å². The number of likely N-dealkylation sites (tertiary alicyclic amines) is 2. The molecule has 2 fully saturated rings. The van der Waals surface area contributed by atoms with Gasteiger partial charge in [0.05, 0.1) is 0 Å². The van der Waals surface area contributed by atoms with E-state index in [0.717, 1.165) is 31.5 Å². The molecule has 0 aromatic heterocycles. The Balaban J connectivity index is 1.39. The highest BCUT2D eigenvalue weighted by Crippen LogP contribution is 2.22. The van der Waals surface area contributed by atoms with Crippen LogP contribution in [-0.2, 0) is 17.9 Å². The molecule has 2 aliphatic rings. The predicted octanol–water partition coefficient (Wildman–Crippen LogP) is 3.98. The number of piperidine rings is 1. The largest absolute Gasteiger partial charge is 0.350 e. The molecule has 1 N–H and O–H groups in total. The van der Waals surface area contributed by atoms with Gasteiger partial charge in [-0.2, -0.15) is 0 Å². The maximum absolute atomic E-state index is 13.0. The maximum Gasteiger partial charge on any atom is 0.254 e. The van der Waals surface area contributed by atoms with E-state index in [1.54, 1.807) is 4.90 Å². The van der Waals surface area contributed by atoms with Crippen LogP contribution in [0.3, 0.4) is 0 Å². The minimum Gasteiger partial charge on any atom is -0.350 e. The summed E-state index contributed by atoms with van der Waals surface area (Å²) in [5, 5.41) is 3.11. The molecule has 0 radical (unpaired) electrons. The zero-order valence-corrected chi connectivity index (χ0v) is 18.4. The van der Waals surface area contributed by atoms with Gasteiger partial charge in [-0.1, -0.05) is 48.9 Å². The number of hydrogen-bond donors (Lipinski definition) is 1. The molecule has 2 heterocycles. The Kier molecular flexibility index (Phi) is 7.03. The average Bonchev–Trinajstić information content (AvgIpc) is 3.30. The Morgan fingerprint density at radius 2 is 1.65 bits per heavy atom. The Morgan fingerprint density at radius 3 is 2.42 bits per heavy atom. The summed E-state index contributed by atoms with van der Waals surface area (Å²) in [4.78, 5) is 30.2. The van der Waals surface area contributed by atoms with E-state index in [1.807, 2.05) is 36.4 Å². The number of carbonyl (C=O) groups is 2. The van der Waals surface area contributed by atoms with Gasteiger partial charge in [0.1, 0.15) is 6.04 Å². The number of amides is 2. The van der Waals surface area contributed by atoms with Crippen molar-refractivity contribution in [2.45, 2.75) is 64.2 Å². The first-order chi connectivity index (χ1) is 15.1. The minimum atomic E-state index is -0.387. The van der Waals surface area contributed by atoms with E-state index in [9.17, 15) is 9.59 Å². The first kappa shape index (κ1) is 21.6. The van der Waals surface area contributed by atoms with Crippen LogP contribution in [0.2, 0.25) is 0 Å². The van der Waals surface area contributed by atoms with Crippen LogP contribution in [0.15, 0.2) is 54.6 Å². The van der Waals surface area contributed by atoms with Crippen LogP contribution in [0.25, 0.3) is 0 Å². The van der Waals surface area contributed by atoms with E-state index < -0.39 is 0 Å². The van der Waals surface area contributed by atoms with Crippen molar-refractivity contribution in [3.63, 3.8) is 0 Å². The van der Waals surface area contributed by atoms with Gasteiger partial charge in [-0.05, 0) is 62.4 Å². The van der Waals surface area contributed by atoms with Crippen molar-refractivity contribution in [1.29, 1.82) is 0 Å². The summed E-state index contributed by atoms with van der Waals surface area (Å²) >= 11 is 0. The van der Waals surface area contributed by atoms with E-state index in [0.29, 0.717) is 24.7 Å². The normalized spacial score (nSPS) is 21.8. The van der Waals surface area contributed by atoms with E-state index in [-0.39, 0.29) is 17.9 Å². The molecule has 2 amide bonds. The standard InChI is InChI=1S/C26H33N3O2/c1-20-10-7-8-16-28(20)19-23-14-6-5-13-22(23)18-27-25(30)24-15-9-17-29(24)26(31)21-11-3-2-4-12-21/h2-6,11-14,20,24H,7-10,15-19H2,1H3,(H,27,30). The fourth-order valence-electron chi connectivity index (χ4n) is 4.82. The van der Waals surface area contributed by atoms with Gasteiger partial charge in [-0.3, -0.25) is 14.5 Å². The van der Waals surface area contributed by atoms with Crippen LogP contribution in [0.1, 0.15) is 60.5 Å². The average molecular weight is 420 g/mol. The van der Waals surface area contributed by atoms with Crippen LogP contribution >= 0.6 is 0 Å². The molecule has 0 saturated carbocycles. The van der Waals surface area contributed by atoms with Crippen molar-refractivity contribution in [2.24, 2.45) is 0 Å². The van der Waals surface area contributed by atoms with E-state index in [2.05, 4.69) is 35.3 Å². The molecule has 2 saturated heterocycles. The summed E-state index contributed by atoms with van der Waals surface area (Å²) in [7, 11) is 0. The van der Waals surface area contributed by atoms with Gasteiger partial charge < -0.3 is 10.2 Å². The van der Waals surface area contributed by atoms with Crippen LogP contribution in [0.5, 0.6) is 0 Å². The Labute approximate surface area is 185 Å². The lowest BCUT2D eigenvalue weighted by Crippen LogP contribution is -2.45. The van der Waals surface area contributed by atoms with Crippen molar-refractivity contribution in [3.05, 3.63) is 71.3 Å². The molecule has 2 aliphatic heterocycles. The molecule has 5 heteroatoms. The van der Waals surface area contributed by atoms with Gasteiger partial charge in [0.2, 0.25) is 5.91 Å². The van der Waals surface area contributed by atoms with Crippen molar-refractivity contribution in [1.82, 2.24) is 15.1 Å². The van der Waals surface area contributed by atoms with Crippen molar-refractivity contribution < 1.29 is 9.59 Å². The van der Waals surface area contributed by atoms with Crippen molar-refractivity contribution >= 4 is 11.8 Å². The van der Waals surface area contributed by atoms with E-state index in [4.69, 9.17) is 0 Å². The number of benzene rings is 2. The second kappa shape index (κ2) is 10.1. The Hall–Kier alpha value is -2.66. The molecule has 2 aromatic rings. The highest BCUT2D eigenvalue weighted by molar-refractivity contribution is 5.97. The predicted molar refractivity (Wildman–Crippen MR) is 123 cm³/mol. The quantitative estimate of drug-likeness (QED) is 0.771. The van der Waals surface area contributed by atoms with Crippen LogP contribution in [0.4, 0.5) is 0 Å². The van der Waals surface area contributed by atoms with Gasteiger partial charge in [0.15, 0.2) is 0 Å². The first-order valence-corrected chi connectivity index (χ1v) is 11.6. The maximum atomic E-state index is 13.0. The summed E-state index contributed by atoms with van der Waals surface area (Å²) < 4.78 is 0. The highest BCUT2D eigenvalue weighted by atomic mass is 16.2. The second-order valence-corrected chi connectivity index (χ2v) is 8.82. The van der Waals surface area contributed by atoms with Crippen LogP contribution in [0, 0.1) is 0 Å². The summed E-state index contributed by atoms with van der Waals surface area (Å²) in [5.41, 5.74) is 3.08. The molecule has 4 rings (SSSR count). The smallest absolute Gasteiger partial charge is 0.254 e. The number of nitrogens with one attached hydrogen (secondary N) is 1. The molecule has 31 heavy (non-hydrogen) atoms. The Bertz CT molecular complexity index is 899. The number of nitrogens with zero attached hydrogens (tertiary/aromatic N) is 2. The lowest BCUT2D eigenvalue weighted by atomic mass is 10.0. The fourth-order valence-corrected chi connectivity index (χ4v) is 4.82. The van der Waals surface area contributed by atoms with Crippen LogP contribution < -0.4 is 5.32 Å². The number of rotatable bonds is 6. The molecule has 2 unspecified atom stereocenters. The molecular weight excluding hydrogens is 386 g/mol. The summed E-state index contributed by atoms with van der Waals surface area (Å²) in [6.45, 7) is 5.51. The fraction of sp³-hybridized carbons (Fsp3) is 0.462. The third kappa shape index (κ3) is 5.16. The lowest BCUT2D eigenvalue weighted by molar-refractivity contribution is -0.125. The SMILES string of the molecule is CC1CCCCN1Cc1ccccc1CNC(=O)C1CCCN1C(=O)c1ccccc1. The van der Waals surface area contributed by atoms with Crippen molar-refractivity contribution in [2.75, 3.05) is 13.1 Å². The molecule has 0 spiro atoms. The topological polar surface area (TPSA) is 52.7 Å². The summed E-state index contributed by atoms with van der Waals surface area (Å²) in [5.74, 6) is -0.110. The van der Waals surface area contributed by atoms with Crippen LogP contribution in [-0.4, -0.2) is 46.8 Å². The number of hydrogen-bond acceptors (Lipinski definition) is 3. The third-order valence-corrected chi connectivity index (χ3v) is 6.72.